The first-order valence-corrected chi connectivity index (χ1v) is 7.10. The second-order valence-corrected chi connectivity index (χ2v) is 5.49. The van der Waals surface area contributed by atoms with Crippen molar-refractivity contribution in [3.8, 4) is 22.4 Å². The number of hydrogen-bond acceptors (Lipinski definition) is 2. The van der Waals surface area contributed by atoms with Crippen molar-refractivity contribution in [2.45, 2.75) is 6.92 Å². The molecule has 106 valence electrons. The monoisotopic (exact) mass is 297 g/mol. The number of nitrogens with two attached hydrogens (primary N) is 1. The van der Waals surface area contributed by atoms with Crippen molar-refractivity contribution < 1.29 is 0 Å². The Morgan fingerprint density at radius 3 is 2.38 bits per heavy atom. The number of nitrogen functional groups attached to an aromatic ring is 1. The molecule has 0 radical (unpaired) electrons. The van der Waals surface area contributed by atoms with E-state index in [9.17, 15) is 0 Å². The van der Waals surface area contributed by atoms with Gasteiger partial charge < -0.3 is 5.73 Å². The van der Waals surface area contributed by atoms with E-state index in [1.54, 1.807) is 4.68 Å². The first-order valence-electron chi connectivity index (χ1n) is 6.72. The highest BCUT2D eigenvalue weighted by molar-refractivity contribution is 6.33. The molecule has 0 saturated carbocycles. The van der Waals surface area contributed by atoms with E-state index in [-0.39, 0.29) is 0 Å². The Hall–Kier alpha value is -2.26. The van der Waals surface area contributed by atoms with Gasteiger partial charge in [0.05, 0.1) is 5.56 Å². The van der Waals surface area contributed by atoms with Crippen molar-refractivity contribution in [2.24, 2.45) is 7.05 Å². The van der Waals surface area contributed by atoms with Crippen LogP contribution in [0.25, 0.3) is 22.4 Å². The Bertz CT molecular complexity index is 788. The van der Waals surface area contributed by atoms with Gasteiger partial charge in [0.1, 0.15) is 11.5 Å². The zero-order valence-electron chi connectivity index (χ0n) is 12.0. The lowest BCUT2D eigenvalue weighted by molar-refractivity contribution is 0.782. The van der Waals surface area contributed by atoms with Gasteiger partial charge in [0.25, 0.3) is 0 Å². The van der Waals surface area contributed by atoms with Crippen LogP contribution in [0.15, 0.2) is 48.5 Å². The molecule has 3 rings (SSSR count). The molecule has 0 spiro atoms. The Labute approximate surface area is 129 Å². The summed E-state index contributed by atoms with van der Waals surface area (Å²) in [6.07, 6.45) is 0. The summed E-state index contributed by atoms with van der Waals surface area (Å²) in [6.45, 7) is 2.06. The number of aromatic nitrogens is 2. The van der Waals surface area contributed by atoms with E-state index < -0.39 is 0 Å². The van der Waals surface area contributed by atoms with E-state index in [2.05, 4.69) is 36.3 Å². The van der Waals surface area contributed by atoms with Gasteiger partial charge in [-0.15, -0.1) is 0 Å². The van der Waals surface area contributed by atoms with Gasteiger partial charge in [-0.2, -0.15) is 5.10 Å². The molecule has 2 aromatic carbocycles. The predicted octanol–water partition coefficient (Wildman–Crippen LogP) is 4.30. The van der Waals surface area contributed by atoms with E-state index in [4.69, 9.17) is 17.3 Å². The lowest BCUT2D eigenvalue weighted by Crippen LogP contribution is -1.98. The fraction of sp³-hybridized carbons (Fsp3) is 0.118. The van der Waals surface area contributed by atoms with Crippen LogP contribution in [0.3, 0.4) is 0 Å². The van der Waals surface area contributed by atoms with Gasteiger partial charge in [0.15, 0.2) is 0 Å². The Morgan fingerprint density at radius 2 is 1.71 bits per heavy atom. The summed E-state index contributed by atoms with van der Waals surface area (Å²) in [5.41, 5.74) is 11.1. The largest absolute Gasteiger partial charge is 0.383 e. The van der Waals surface area contributed by atoms with Crippen molar-refractivity contribution in [2.75, 3.05) is 5.73 Å². The topological polar surface area (TPSA) is 43.8 Å². The average Bonchev–Trinajstić information content (AvgIpc) is 2.77. The lowest BCUT2D eigenvalue weighted by atomic mass is 10.00. The van der Waals surface area contributed by atoms with E-state index in [1.165, 1.54) is 5.56 Å². The SMILES string of the molecule is Cc1ccc(-c2nn(C)c(N)c2-c2ccccc2Cl)cc1. The molecule has 1 heterocycles. The molecule has 3 aromatic rings. The van der Waals surface area contributed by atoms with Crippen LogP contribution >= 0.6 is 11.6 Å². The van der Waals surface area contributed by atoms with Gasteiger partial charge in [-0.25, -0.2) is 0 Å². The van der Waals surface area contributed by atoms with Crippen LogP contribution in [0.1, 0.15) is 5.56 Å². The summed E-state index contributed by atoms with van der Waals surface area (Å²) >= 11 is 6.33. The number of hydrogen-bond donors (Lipinski definition) is 1. The van der Waals surface area contributed by atoms with Crippen molar-refractivity contribution in [1.82, 2.24) is 9.78 Å². The fourth-order valence-electron chi connectivity index (χ4n) is 2.38. The first-order chi connectivity index (χ1) is 10.1. The van der Waals surface area contributed by atoms with Gasteiger partial charge in [0.2, 0.25) is 0 Å². The molecule has 21 heavy (non-hydrogen) atoms. The van der Waals surface area contributed by atoms with Crippen LogP contribution in [0.4, 0.5) is 5.82 Å². The molecule has 0 aliphatic carbocycles. The van der Waals surface area contributed by atoms with Gasteiger partial charge in [-0.1, -0.05) is 59.6 Å². The summed E-state index contributed by atoms with van der Waals surface area (Å²) < 4.78 is 1.69. The first kappa shape index (κ1) is 13.7. The highest BCUT2D eigenvalue weighted by atomic mass is 35.5. The third-order valence-corrected chi connectivity index (χ3v) is 3.89. The molecule has 0 fully saturated rings. The predicted molar refractivity (Wildman–Crippen MR) is 88.2 cm³/mol. The van der Waals surface area contributed by atoms with E-state index in [0.29, 0.717) is 10.8 Å². The normalized spacial score (nSPS) is 10.8. The Kier molecular flexibility index (Phi) is 3.43. The minimum Gasteiger partial charge on any atom is -0.383 e. The summed E-state index contributed by atoms with van der Waals surface area (Å²) in [5.74, 6) is 0.610. The van der Waals surface area contributed by atoms with Gasteiger partial charge >= 0.3 is 0 Å². The minimum absolute atomic E-state index is 0.610. The molecule has 4 heteroatoms. The Morgan fingerprint density at radius 1 is 1.05 bits per heavy atom. The maximum Gasteiger partial charge on any atom is 0.129 e. The summed E-state index contributed by atoms with van der Waals surface area (Å²) in [4.78, 5) is 0. The zero-order valence-corrected chi connectivity index (χ0v) is 12.7. The number of aryl methyl sites for hydroxylation is 2. The number of anilines is 1. The third kappa shape index (κ3) is 2.41. The summed E-state index contributed by atoms with van der Waals surface area (Å²) in [5, 5.41) is 5.23. The van der Waals surface area contributed by atoms with Gasteiger partial charge in [-0.05, 0) is 13.0 Å². The maximum atomic E-state index is 6.33. The molecule has 0 bridgehead atoms. The van der Waals surface area contributed by atoms with Crippen molar-refractivity contribution >= 4 is 17.4 Å². The van der Waals surface area contributed by atoms with Crippen molar-refractivity contribution in [3.05, 3.63) is 59.1 Å². The molecular weight excluding hydrogens is 282 g/mol. The number of halogens is 1. The lowest BCUT2D eigenvalue weighted by Gasteiger charge is -2.06. The minimum atomic E-state index is 0.610. The smallest absolute Gasteiger partial charge is 0.129 e. The molecule has 0 unspecified atom stereocenters. The van der Waals surface area contributed by atoms with Crippen molar-refractivity contribution in [1.29, 1.82) is 0 Å². The van der Waals surface area contributed by atoms with Gasteiger partial charge in [0, 0.05) is 23.2 Å². The maximum absolute atomic E-state index is 6.33. The second-order valence-electron chi connectivity index (χ2n) is 5.08. The molecule has 0 saturated heterocycles. The van der Waals surface area contributed by atoms with Crippen LogP contribution < -0.4 is 5.73 Å². The molecule has 2 N–H and O–H groups in total. The molecule has 0 aliphatic rings. The second kappa shape index (κ2) is 5.26. The number of nitrogens with zero attached hydrogens (tertiary/aromatic N) is 2. The highest BCUT2D eigenvalue weighted by Crippen LogP contribution is 2.39. The average molecular weight is 298 g/mol. The van der Waals surface area contributed by atoms with E-state index in [0.717, 1.165) is 22.4 Å². The van der Waals surface area contributed by atoms with Crippen LogP contribution in [0.2, 0.25) is 5.02 Å². The molecule has 1 aromatic heterocycles. The van der Waals surface area contributed by atoms with Crippen LogP contribution in [0.5, 0.6) is 0 Å². The molecule has 0 amide bonds. The van der Waals surface area contributed by atoms with Gasteiger partial charge in [-0.3, -0.25) is 4.68 Å². The molecule has 0 atom stereocenters. The van der Waals surface area contributed by atoms with Crippen LogP contribution in [-0.2, 0) is 7.05 Å². The molecule has 0 aliphatic heterocycles. The Balaban J connectivity index is 2.26. The number of benzene rings is 2. The third-order valence-electron chi connectivity index (χ3n) is 3.56. The summed E-state index contributed by atoms with van der Waals surface area (Å²) in [7, 11) is 1.84. The van der Waals surface area contributed by atoms with E-state index >= 15 is 0 Å². The molecule has 3 nitrogen and oxygen atoms in total. The van der Waals surface area contributed by atoms with Crippen LogP contribution in [-0.4, -0.2) is 9.78 Å². The number of rotatable bonds is 2. The van der Waals surface area contributed by atoms with Crippen molar-refractivity contribution in [3.63, 3.8) is 0 Å². The van der Waals surface area contributed by atoms with E-state index in [1.807, 2.05) is 31.3 Å². The quantitative estimate of drug-likeness (QED) is 0.766. The fourth-order valence-corrected chi connectivity index (χ4v) is 2.61. The standard InChI is InChI=1S/C17H16ClN3/c1-11-7-9-12(10-8-11)16-15(17(19)21(2)20-16)13-5-3-4-6-14(13)18/h3-10H,19H2,1-2H3. The molecular formula is C17H16ClN3. The highest BCUT2D eigenvalue weighted by Gasteiger charge is 2.18. The summed E-state index contributed by atoms with van der Waals surface area (Å²) in [6, 6.07) is 15.9. The zero-order chi connectivity index (χ0) is 15.0. The van der Waals surface area contributed by atoms with Crippen LogP contribution in [0, 0.1) is 6.92 Å².